The molecular formula is C27H24ClN3O3. The Kier molecular flexibility index (Phi) is 6.34. The van der Waals surface area contributed by atoms with E-state index in [1.54, 1.807) is 30.2 Å². The minimum Gasteiger partial charge on any atom is -0.497 e. The molecule has 34 heavy (non-hydrogen) atoms. The monoisotopic (exact) mass is 473 g/mol. The fraction of sp³-hybridized carbons (Fsp3) is 0.185. The van der Waals surface area contributed by atoms with Gasteiger partial charge in [0.1, 0.15) is 17.3 Å². The molecule has 0 radical (unpaired) electrons. The Morgan fingerprint density at radius 2 is 1.56 bits per heavy atom. The summed E-state index contributed by atoms with van der Waals surface area (Å²) in [7, 11) is 1.62. The summed E-state index contributed by atoms with van der Waals surface area (Å²) in [5.74, 6) is 1.15. The minimum atomic E-state index is -0.181. The maximum atomic E-state index is 13.5. The average molecular weight is 474 g/mol. The third-order valence-electron chi connectivity index (χ3n) is 5.87. The first-order valence-corrected chi connectivity index (χ1v) is 11.5. The number of nitrogens with zero attached hydrogens (tertiary/aromatic N) is 3. The summed E-state index contributed by atoms with van der Waals surface area (Å²) >= 11 is 6.10. The standard InChI is InChI=1S/C27H24ClN3O3/c1-33-24-12-2-19(3-13-24)18-25-27(32)31(26(29-25)20-4-6-21(28)7-5-20)23-10-8-22(9-11-23)30-14-16-34-17-15-30/h2-13,18H,14-17H2,1H3/b25-18-. The second kappa shape index (κ2) is 9.71. The van der Waals surface area contributed by atoms with Gasteiger partial charge >= 0.3 is 0 Å². The zero-order valence-corrected chi connectivity index (χ0v) is 19.5. The smallest absolute Gasteiger partial charge is 0.282 e. The van der Waals surface area contributed by atoms with Gasteiger partial charge in [0.05, 0.1) is 26.0 Å². The molecule has 5 rings (SSSR count). The molecule has 0 spiro atoms. The lowest BCUT2D eigenvalue weighted by Crippen LogP contribution is -2.36. The zero-order valence-electron chi connectivity index (χ0n) is 18.8. The van der Waals surface area contributed by atoms with Gasteiger partial charge in [-0.2, -0.15) is 0 Å². The highest BCUT2D eigenvalue weighted by Crippen LogP contribution is 2.30. The SMILES string of the molecule is COc1ccc(/C=C2\N=C(c3ccc(Cl)cc3)N(c3ccc(N4CCOCC4)cc3)C2=O)cc1. The van der Waals surface area contributed by atoms with Crippen LogP contribution in [0.15, 0.2) is 83.5 Å². The molecule has 1 amide bonds. The van der Waals surface area contributed by atoms with Crippen molar-refractivity contribution in [2.45, 2.75) is 0 Å². The quantitative estimate of drug-likeness (QED) is 0.488. The summed E-state index contributed by atoms with van der Waals surface area (Å²) in [4.78, 5) is 22.2. The van der Waals surface area contributed by atoms with Crippen LogP contribution in [-0.2, 0) is 9.53 Å². The second-order valence-electron chi connectivity index (χ2n) is 8.00. The molecule has 3 aromatic rings. The number of carbonyl (C=O) groups excluding carboxylic acids is 1. The summed E-state index contributed by atoms with van der Waals surface area (Å²) in [5, 5.41) is 0.629. The molecule has 1 saturated heterocycles. The third kappa shape index (κ3) is 4.55. The third-order valence-corrected chi connectivity index (χ3v) is 6.12. The lowest BCUT2D eigenvalue weighted by molar-refractivity contribution is -0.113. The van der Waals surface area contributed by atoms with Crippen molar-refractivity contribution >= 4 is 40.8 Å². The number of carbonyl (C=O) groups is 1. The molecule has 0 N–H and O–H groups in total. The van der Waals surface area contributed by atoms with Gasteiger partial charge in [-0.1, -0.05) is 23.7 Å². The van der Waals surface area contributed by atoms with Crippen LogP contribution in [0.1, 0.15) is 11.1 Å². The van der Waals surface area contributed by atoms with Crippen LogP contribution in [0, 0.1) is 0 Å². The Labute approximate surface area is 203 Å². The number of benzene rings is 3. The van der Waals surface area contributed by atoms with E-state index in [1.165, 1.54) is 0 Å². The van der Waals surface area contributed by atoms with Crippen molar-refractivity contribution in [3.05, 3.63) is 94.6 Å². The predicted molar refractivity (Wildman–Crippen MR) is 136 cm³/mol. The first-order chi connectivity index (χ1) is 16.6. The Bertz CT molecular complexity index is 1230. The molecule has 0 atom stereocenters. The topological polar surface area (TPSA) is 54.4 Å². The van der Waals surface area contributed by atoms with Crippen molar-refractivity contribution in [1.82, 2.24) is 0 Å². The number of amidine groups is 1. The summed E-state index contributed by atoms with van der Waals surface area (Å²) < 4.78 is 10.7. The number of rotatable bonds is 5. The maximum absolute atomic E-state index is 13.5. The number of hydrogen-bond donors (Lipinski definition) is 0. The number of halogens is 1. The van der Waals surface area contributed by atoms with Gasteiger partial charge in [0.2, 0.25) is 0 Å². The van der Waals surface area contributed by atoms with Crippen LogP contribution in [0.5, 0.6) is 5.75 Å². The van der Waals surface area contributed by atoms with E-state index < -0.39 is 0 Å². The molecule has 0 saturated carbocycles. The van der Waals surface area contributed by atoms with Crippen LogP contribution in [0.2, 0.25) is 5.02 Å². The summed E-state index contributed by atoms with van der Waals surface area (Å²) in [5.41, 5.74) is 3.92. The molecule has 0 aliphatic carbocycles. The molecule has 172 valence electrons. The number of amides is 1. The van der Waals surface area contributed by atoms with Crippen LogP contribution in [0.25, 0.3) is 6.08 Å². The summed E-state index contributed by atoms with van der Waals surface area (Å²) in [6.07, 6.45) is 1.79. The van der Waals surface area contributed by atoms with E-state index >= 15 is 0 Å². The van der Waals surface area contributed by atoms with E-state index in [9.17, 15) is 4.79 Å². The van der Waals surface area contributed by atoms with Gasteiger partial charge < -0.3 is 14.4 Å². The van der Waals surface area contributed by atoms with E-state index in [-0.39, 0.29) is 5.91 Å². The van der Waals surface area contributed by atoms with Crippen molar-refractivity contribution in [3.8, 4) is 5.75 Å². The molecule has 0 aromatic heterocycles. The fourth-order valence-corrected chi connectivity index (χ4v) is 4.17. The van der Waals surface area contributed by atoms with Crippen LogP contribution < -0.4 is 14.5 Å². The average Bonchev–Trinajstić information content (AvgIpc) is 3.21. The van der Waals surface area contributed by atoms with E-state index in [1.807, 2.05) is 60.7 Å². The van der Waals surface area contributed by atoms with Crippen molar-refractivity contribution < 1.29 is 14.3 Å². The van der Waals surface area contributed by atoms with Gasteiger partial charge in [-0.05, 0) is 72.3 Å². The molecular weight excluding hydrogens is 450 g/mol. The highest BCUT2D eigenvalue weighted by atomic mass is 35.5. The molecule has 7 heteroatoms. The summed E-state index contributed by atoms with van der Waals surface area (Å²) in [6, 6.07) is 22.9. The maximum Gasteiger partial charge on any atom is 0.282 e. The van der Waals surface area contributed by atoms with Crippen molar-refractivity contribution in [3.63, 3.8) is 0 Å². The number of ether oxygens (including phenoxy) is 2. The van der Waals surface area contributed by atoms with Gasteiger partial charge in [-0.15, -0.1) is 0 Å². The molecule has 1 fully saturated rings. The van der Waals surface area contributed by atoms with Gasteiger partial charge in [-0.3, -0.25) is 9.69 Å². The molecule has 2 heterocycles. The molecule has 6 nitrogen and oxygen atoms in total. The van der Waals surface area contributed by atoms with Crippen LogP contribution in [0.4, 0.5) is 11.4 Å². The van der Waals surface area contributed by atoms with Gasteiger partial charge in [0.15, 0.2) is 0 Å². The molecule has 3 aromatic carbocycles. The molecule has 0 unspecified atom stereocenters. The predicted octanol–water partition coefficient (Wildman–Crippen LogP) is 5.02. The fourth-order valence-electron chi connectivity index (χ4n) is 4.04. The Morgan fingerprint density at radius 3 is 2.21 bits per heavy atom. The summed E-state index contributed by atoms with van der Waals surface area (Å²) in [6.45, 7) is 3.15. The number of morpholine rings is 1. The lowest BCUT2D eigenvalue weighted by atomic mass is 10.1. The lowest BCUT2D eigenvalue weighted by Gasteiger charge is -2.29. The number of hydrogen-bond acceptors (Lipinski definition) is 5. The van der Waals surface area contributed by atoms with Crippen molar-refractivity contribution in [2.75, 3.05) is 43.2 Å². The van der Waals surface area contributed by atoms with Crippen molar-refractivity contribution in [1.29, 1.82) is 0 Å². The van der Waals surface area contributed by atoms with E-state index in [2.05, 4.69) is 4.90 Å². The first kappa shape index (κ1) is 22.2. The molecule has 0 bridgehead atoms. The Balaban J connectivity index is 1.50. The van der Waals surface area contributed by atoms with Crippen LogP contribution in [0.3, 0.4) is 0 Å². The van der Waals surface area contributed by atoms with Gasteiger partial charge in [0, 0.05) is 29.4 Å². The first-order valence-electron chi connectivity index (χ1n) is 11.1. The van der Waals surface area contributed by atoms with Gasteiger partial charge in [0.25, 0.3) is 5.91 Å². The Morgan fingerprint density at radius 1 is 0.912 bits per heavy atom. The van der Waals surface area contributed by atoms with E-state index in [4.69, 9.17) is 26.1 Å². The molecule has 2 aliphatic rings. The van der Waals surface area contributed by atoms with E-state index in [0.29, 0.717) is 16.6 Å². The number of anilines is 2. The normalized spacial score (nSPS) is 17.3. The molecule has 2 aliphatic heterocycles. The zero-order chi connectivity index (χ0) is 23.5. The van der Waals surface area contributed by atoms with Gasteiger partial charge in [-0.25, -0.2) is 4.99 Å². The second-order valence-corrected chi connectivity index (χ2v) is 8.44. The largest absolute Gasteiger partial charge is 0.497 e. The highest BCUT2D eigenvalue weighted by molar-refractivity contribution is 6.34. The minimum absolute atomic E-state index is 0.181. The highest BCUT2D eigenvalue weighted by Gasteiger charge is 2.32. The van der Waals surface area contributed by atoms with Crippen LogP contribution >= 0.6 is 11.6 Å². The number of methoxy groups -OCH3 is 1. The number of aliphatic imine (C=N–C) groups is 1. The van der Waals surface area contributed by atoms with Crippen LogP contribution in [-0.4, -0.2) is 45.2 Å². The van der Waals surface area contributed by atoms with E-state index in [0.717, 1.165) is 54.6 Å². The Hall–Kier alpha value is -3.61. The van der Waals surface area contributed by atoms with Crippen molar-refractivity contribution in [2.24, 2.45) is 4.99 Å².